The molecule has 3 aromatic carbocycles. The van der Waals surface area contributed by atoms with E-state index in [1.807, 2.05) is 66.0 Å². The van der Waals surface area contributed by atoms with Gasteiger partial charge in [-0.3, -0.25) is 4.79 Å². The molecule has 0 radical (unpaired) electrons. The van der Waals surface area contributed by atoms with Crippen molar-refractivity contribution in [1.29, 1.82) is 0 Å². The molecule has 1 heterocycles. The quantitative estimate of drug-likeness (QED) is 0.223. The van der Waals surface area contributed by atoms with Gasteiger partial charge in [-0.05, 0) is 54.1 Å². The van der Waals surface area contributed by atoms with Gasteiger partial charge in [0, 0.05) is 31.7 Å². The second-order valence-corrected chi connectivity index (χ2v) is 8.71. The van der Waals surface area contributed by atoms with Crippen molar-refractivity contribution in [2.75, 3.05) is 5.32 Å². The number of thiazole rings is 1. The Morgan fingerprint density at radius 3 is 2.58 bits per heavy atom. The molecule has 0 unspecified atom stereocenters. The number of anilines is 2. The van der Waals surface area contributed by atoms with Crippen molar-refractivity contribution in [3.8, 4) is 11.3 Å². The van der Waals surface area contributed by atoms with Crippen LogP contribution in [0.15, 0.2) is 87.8 Å². The third-order valence-corrected chi connectivity index (χ3v) is 5.77. The molecule has 0 saturated carbocycles. The highest BCUT2D eigenvalue weighted by atomic mass is 79.9. The molecule has 4 rings (SSSR count). The number of carbonyl (C=O) groups excluding carboxylic acids is 1. The van der Waals surface area contributed by atoms with Crippen LogP contribution in [0.1, 0.15) is 15.9 Å². The van der Waals surface area contributed by atoms with Crippen LogP contribution >= 0.6 is 38.9 Å². The van der Waals surface area contributed by atoms with E-state index >= 15 is 0 Å². The maximum absolute atomic E-state index is 12.3. The number of hydrogen-bond acceptors (Lipinski definition) is 5. The zero-order valence-corrected chi connectivity index (χ0v) is 19.2. The highest BCUT2D eigenvalue weighted by Gasteiger charge is 2.08. The summed E-state index contributed by atoms with van der Waals surface area (Å²) < 4.78 is 0.951. The van der Waals surface area contributed by atoms with E-state index in [9.17, 15) is 4.79 Å². The Kier molecular flexibility index (Phi) is 6.76. The molecular weight excluding hydrogens is 496 g/mol. The van der Waals surface area contributed by atoms with E-state index < -0.39 is 0 Å². The third-order valence-electron chi connectivity index (χ3n) is 4.27. The van der Waals surface area contributed by atoms with Crippen molar-refractivity contribution in [1.82, 2.24) is 10.4 Å². The number of nitrogens with one attached hydrogen (secondary N) is 2. The van der Waals surface area contributed by atoms with Crippen LogP contribution in [0.25, 0.3) is 11.3 Å². The number of benzene rings is 3. The number of hydrazone groups is 1. The number of hydrogen-bond donors (Lipinski definition) is 2. The molecule has 31 heavy (non-hydrogen) atoms. The van der Waals surface area contributed by atoms with Crippen LogP contribution in [0.2, 0.25) is 5.02 Å². The lowest BCUT2D eigenvalue weighted by molar-refractivity contribution is 0.0955. The summed E-state index contributed by atoms with van der Waals surface area (Å²) in [6.45, 7) is 0. The molecule has 0 atom stereocenters. The molecule has 1 aromatic heterocycles. The van der Waals surface area contributed by atoms with E-state index in [0.717, 1.165) is 32.1 Å². The summed E-state index contributed by atoms with van der Waals surface area (Å²) in [7, 11) is 0. The van der Waals surface area contributed by atoms with Crippen LogP contribution in [0.5, 0.6) is 0 Å². The molecule has 0 saturated heterocycles. The molecule has 0 bridgehead atoms. The van der Waals surface area contributed by atoms with Crippen molar-refractivity contribution in [2.24, 2.45) is 5.10 Å². The van der Waals surface area contributed by atoms with Gasteiger partial charge in [0.15, 0.2) is 5.13 Å². The van der Waals surface area contributed by atoms with E-state index in [1.165, 1.54) is 11.3 Å². The third kappa shape index (κ3) is 5.79. The van der Waals surface area contributed by atoms with E-state index in [2.05, 4.69) is 36.8 Å². The summed E-state index contributed by atoms with van der Waals surface area (Å²) in [5.41, 5.74) is 6.63. The SMILES string of the molecule is O=C(N/N=C\c1cccc(Br)c1)c1ccc(-c2csc(Nc3ccc(Cl)cc3)n2)cc1. The van der Waals surface area contributed by atoms with Crippen LogP contribution < -0.4 is 10.7 Å². The van der Waals surface area contributed by atoms with Crippen molar-refractivity contribution < 1.29 is 4.79 Å². The summed E-state index contributed by atoms with van der Waals surface area (Å²) in [6.07, 6.45) is 1.60. The highest BCUT2D eigenvalue weighted by Crippen LogP contribution is 2.27. The van der Waals surface area contributed by atoms with Gasteiger partial charge in [0.2, 0.25) is 0 Å². The average Bonchev–Trinajstić information content (AvgIpc) is 3.24. The first-order valence-corrected chi connectivity index (χ1v) is 11.3. The Morgan fingerprint density at radius 1 is 1.06 bits per heavy atom. The first kappa shape index (κ1) is 21.2. The van der Waals surface area contributed by atoms with Crippen molar-refractivity contribution in [2.45, 2.75) is 0 Å². The number of rotatable bonds is 6. The molecule has 0 aliphatic rings. The van der Waals surface area contributed by atoms with Crippen LogP contribution in [-0.2, 0) is 0 Å². The molecule has 1 amide bonds. The van der Waals surface area contributed by atoms with Crippen LogP contribution in [0, 0.1) is 0 Å². The van der Waals surface area contributed by atoms with Gasteiger partial charge >= 0.3 is 0 Å². The largest absolute Gasteiger partial charge is 0.332 e. The fourth-order valence-electron chi connectivity index (χ4n) is 2.73. The topological polar surface area (TPSA) is 66.4 Å². The van der Waals surface area contributed by atoms with Gasteiger partial charge in [-0.25, -0.2) is 10.4 Å². The molecule has 0 spiro atoms. The predicted octanol–water partition coefficient (Wildman–Crippen LogP) is 6.73. The lowest BCUT2D eigenvalue weighted by Crippen LogP contribution is -2.17. The second kappa shape index (κ2) is 9.87. The van der Waals surface area contributed by atoms with E-state index in [0.29, 0.717) is 10.6 Å². The van der Waals surface area contributed by atoms with Crippen molar-refractivity contribution in [3.05, 3.63) is 98.8 Å². The van der Waals surface area contributed by atoms with E-state index in [1.54, 1.807) is 18.3 Å². The molecule has 2 N–H and O–H groups in total. The van der Waals surface area contributed by atoms with Crippen molar-refractivity contribution >= 4 is 61.8 Å². The molecule has 0 aliphatic carbocycles. The lowest BCUT2D eigenvalue weighted by atomic mass is 10.1. The van der Waals surface area contributed by atoms with Gasteiger partial charge in [0.05, 0.1) is 11.9 Å². The van der Waals surface area contributed by atoms with Crippen LogP contribution in [0.4, 0.5) is 10.8 Å². The monoisotopic (exact) mass is 510 g/mol. The molecular formula is C23H16BrClN4OS. The Hall–Kier alpha value is -3.00. The Balaban J connectivity index is 1.38. The average molecular weight is 512 g/mol. The minimum atomic E-state index is -0.277. The summed E-state index contributed by atoms with van der Waals surface area (Å²) in [5.74, 6) is -0.277. The maximum atomic E-state index is 12.3. The summed E-state index contributed by atoms with van der Waals surface area (Å²) >= 11 is 10.8. The van der Waals surface area contributed by atoms with Crippen LogP contribution in [0.3, 0.4) is 0 Å². The van der Waals surface area contributed by atoms with Gasteiger partial charge < -0.3 is 5.32 Å². The summed E-state index contributed by atoms with van der Waals surface area (Å²) in [5, 5.41) is 10.7. The van der Waals surface area contributed by atoms with Gasteiger partial charge in [-0.15, -0.1) is 11.3 Å². The van der Waals surface area contributed by atoms with Gasteiger partial charge in [-0.1, -0.05) is 51.8 Å². The standard InChI is InChI=1S/C23H16BrClN4OS/c24-18-3-1-2-15(12-18)13-26-29-22(30)17-6-4-16(5-7-17)21-14-31-23(28-21)27-20-10-8-19(25)9-11-20/h1-14H,(H,27,28)(H,29,30)/b26-13-. The predicted molar refractivity (Wildman–Crippen MR) is 131 cm³/mol. The molecule has 5 nitrogen and oxygen atoms in total. The van der Waals surface area contributed by atoms with Gasteiger partial charge in [0.1, 0.15) is 0 Å². The Bertz CT molecular complexity index is 1220. The van der Waals surface area contributed by atoms with Crippen molar-refractivity contribution in [3.63, 3.8) is 0 Å². The highest BCUT2D eigenvalue weighted by molar-refractivity contribution is 9.10. The second-order valence-electron chi connectivity index (χ2n) is 6.50. The van der Waals surface area contributed by atoms with Crippen LogP contribution in [-0.4, -0.2) is 17.1 Å². The molecule has 8 heteroatoms. The zero-order chi connectivity index (χ0) is 21.6. The molecule has 0 aliphatic heterocycles. The molecule has 0 fully saturated rings. The number of halogens is 2. The number of carbonyl (C=O) groups is 1. The normalized spacial score (nSPS) is 10.9. The van der Waals surface area contributed by atoms with E-state index in [4.69, 9.17) is 11.6 Å². The number of nitrogens with zero attached hydrogens (tertiary/aromatic N) is 2. The van der Waals surface area contributed by atoms with E-state index in [-0.39, 0.29) is 5.91 Å². The number of aromatic nitrogens is 1. The van der Waals surface area contributed by atoms with Gasteiger partial charge in [-0.2, -0.15) is 5.10 Å². The Morgan fingerprint density at radius 2 is 1.84 bits per heavy atom. The first-order chi connectivity index (χ1) is 15.1. The fourth-order valence-corrected chi connectivity index (χ4v) is 4.01. The smallest absolute Gasteiger partial charge is 0.271 e. The number of amides is 1. The zero-order valence-electron chi connectivity index (χ0n) is 16.0. The summed E-state index contributed by atoms with van der Waals surface area (Å²) in [4.78, 5) is 16.9. The summed E-state index contributed by atoms with van der Waals surface area (Å²) in [6, 6.07) is 22.3. The molecule has 4 aromatic rings. The fraction of sp³-hybridized carbons (Fsp3) is 0. The maximum Gasteiger partial charge on any atom is 0.271 e. The molecule has 154 valence electrons. The van der Waals surface area contributed by atoms with Gasteiger partial charge in [0.25, 0.3) is 5.91 Å². The minimum absolute atomic E-state index is 0.277. The first-order valence-electron chi connectivity index (χ1n) is 9.24. The minimum Gasteiger partial charge on any atom is -0.332 e. The lowest BCUT2D eigenvalue weighted by Gasteiger charge is -2.03. The Labute approximate surface area is 196 Å².